The van der Waals surface area contributed by atoms with Crippen LogP contribution in [0.25, 0.3) is 0 Å². The van der Waals surface area contributed by atoms with Gasteiger partial charge in [-0.25, -0.2) is 0 Å². The summed E-state index contributed by atoms with van der Waals surface area (Å²) in [7, 11) is 3.41. The maximum absolute atomic E-state index is 5.03. The minimum absolute atomic E-state index is 0.683. The number of thiophene rings is 1. The zero-order valence-electron chi connectivity index (χ0n) is 6.79. The van der Waals surface area contributed by atoms with Gasteiger partial charge in [0.2, 0.25) is 0 Å². The van der Waals surface area contributed by atoms with Crippen LogP contribution < -0.4 is 0 Å². The summed E-state index contributed by atoms with van der Waals surface area (Å²) < 4.78 is 10.1. The van der Waals surface area contributed by atoms with Gasteiger partial charge in [-0.1, -0.05) is 0 Å². The van der Waals surface area contributed by atoms with Crippen LogP contribution in [0.3, 0.4) is 0 Å². The molecule has 2 nitrogen and oxygen atoms in total. The number of ether oxygens (including phenoxy) is 2. The summed E-state index contributed by atoms with van der Waals surface area (Å²) >= 11 is 1.71. The summed E-state index contributed by atoms with van der Waals surface area (Å²) in [5.74, 6) is 0. The van der Waals surface area contributed by atoms with E-state index in [9.17, 15) is 0 Å². The second kappa shape index (κ2) is 4.49. The molecule has 0 N–H and O–H groups in total. The summed E-state index contributed by atoms with van der Waals surface area (Å²) in [6.07, 6.45) is 0. The highest BCUT2D eigenvalue weighted by atomic mass is 32.1. The Morgan fingerprint density at radius 2 is 2.00 bits per heavy atom. The van der Waals surface area contributed by atoms with Crippen LogP contribution in [-0.2, 0) is 22.7 Å². The van der Waals surface area contributed by atoms with E-state index in [2.05, 4.69) is 11.4 Å². The molecule has 0 atom stereocenters. The van der Waals surface area contributed by atoms with Crippen molar-refractivity contribution in [3.63, 3.8) is 0 Å². The molecule has 0 saturated heterocycles. The standard InChI is InChI=1S/C8H12O2S/c1-9-5-7-3-4-11-8(7)6-10-2/h3-4H,5-6H2,1-2H3. The Hall–Kier alpha value is -0.380. The van der Waals surface area contributed by atoms with Gasteiger partial charge in [0.25, 0.3) is 0 Å². The molecule has 1 aromatic rings. The monoisotopic (exact) mass is 172 g/mol. The maximum Gasteiger partial charge on any atom is 0.0809 e. The number of hydrogen-bond acceptors (Lipinski definition) is 3. The Balaban J connectivity index is 2.62. The third-order valence-corrected chi connectivity index (χ3v) is 2.35. The van der Waals surface area contributed by atoms with E-state index < -0.39 is 0 Å². The third-order valence-electron chi connectivity index (χ3n) is 1.41. The lowest BCUT2D eigenvalue weighted by Crippen LogP contribution is -1.91. The van der Waals surface area contributed by atoms with E-state index in [1.165, 1.54) is 10.4 Å². The smallest absolute Gasteiger partial charge is 0.0809 e. The molecule has 1 heterocycles. The first kappa shape index (κ1) is 8.71. The van der Waals surface area contributed by atoms with Crippen LogP contribution in [0.15, 0.2) is 11.4 Å². The zero-order valence-corrected chi connectivity index (χ0v) is 7.61. The Morgan fingerprint density at radius 3 is 2.64 bits per heavy atom. The van der Waals surface area contributed by atoms with E-state index in [1.807, 2.05) is 0 Å². The molecule has 0 radical (unpaired) electrons. The van der Waals surface area contributed by atoms with Crippen LogP contribution in [0.5, 0.6) is 0 Å². The second-order valence-electron chi connectivity index (χ2n) is 2.24. The molecule has 0 amide bonds. The molecule has 0 aliphatic heterocycles. The lowest BCUT2D eigenvalue weighted by molar-refractivity contribution is 0.170. The van der Waals surface area contributed by atoms with Crippen molar-refractivity contribution in [2.24, 2.45) is 0 Å². The maximum atomic E-state index is 5.03. The molecule has 0 spiro atoms. The van der Waals surface area contributed by atoms with E-state index in [0.29, 0.717) is 13.2 Å². The molecule has 0 saturated carbocycles. The van der Waals surface area contributed by atoms with Gasteiger partial charge in [-0.2, -0.15) is 0 Å². The molecule has 62 valence electrons. The van der Waals surface area contributed by atoms with E-state index in [0.717, 1.165) is 0 Å². The van der Waals surface area contributed by atoms with Crippen molar-refractivity contribution < 1.29 is 9.47 Å². The molecular formula is C8H12O2S. The highest BCUT2D eigenvalue weighted by molar-refractivity contribution is 7.10. The Kier molecular flexibility index (Phi) is 3.56. The van der Waals surface area contributed by atoms with Crippen molar-refractivity contribution in [2.45, 2.75) is 13.2 Å². The first-order valence-corrected chi connectivity index (χ1v) is 4.29. The average Bonchev–Trinajstić information content (AvgIpc) is 2.39. The van der Waals surface area contributed by atoms with Gasteiger partial charge in [0, 0.05) is 19.1 Å². The van der Waals surface area contributed by atoms with E-state index in [4.69, 9.17) is 9.47 Å². The quantitative estimate of drug-likeness (QED) is 0.692. The van der Waals surface area contributed by atoms with Gasteiger partial charge in [-0.15, -0.1) is 11.3 Å². The van der Waals surface area contributed by atoms with Gasteiger partial charge in [0.05, 0.1) is 13.2 Å². The summed E-state index contributed by atoms with van der Waals surface area (Å²) in [5.41, 5.74) is 1.24. The average molecular weight is 172 g/mol. The molecule has 1 rings (SSSR count). The van der Waals surface area contributed by atoms with Gasteiger partial charge >= 0.3 is 0 Å². The Labute approximate surface area is 70.8 Å². The summed E-state index contributed by atoms with van der Waals surface area (Å²) in [6.45, 7) is 1.37. The normalized spacial score (nSPS) is 10.4. The van der Waals surface area contributed by atoms with Crippen LogP contribution in [0, 0.1) is 0 Å². The summed E-state index contributed by atoms with van der Waals surface area (Å²) in [4.78, 5) is 1.26. The van der Waals surface area contributed by atoms with Crippen LogP contribution in [0.2, 0.25) is 0 Å². The molecule has 0 aliphatic carbocycles. The highest BCUT2D eigenvalue weighted by Crippen LogP contribution is 2.17. The third kappa shape index (κ3) is 2.29. The Bertz CT molecular complexity index is 187. The van der Waals surface area contributed by atoms with Gasteiger partial charge < -0.3 is 9.47 Å². The lowest BCUT2D eigenvalue weighted by Gasteiger charge is -2.00. The fourth-order valence-electron chi connectivity index (χ4n) is 0.909. The fourth-order valence-corrected chi connectivity index (χ4v) is 1.77. The van der Waals surface area contributed by atoms with Crippen molar-refractivity contribution in [3.8, 4) is 0 Å². The van der Waals surface area contributed by atoms with E-state index in [1.54, 1.807) is 25.6 Å². The molecule has 0 aromatic carbocycles. The molecule has 0 aliphatic rings. The number of hydrogen-bond donors (Lipinski definition) is 0. The van der Waals surface area contributed by atoms with Crippen LogP contribution in [0.1, 0.15) is 10.4 Å². The minimum atomic E-state index is 0.683. The van der Waals surface area contributed by atoms with Crippen molar-refractivity contribution in [3.05, 3.63) is 21.9 Å². The predicted molar refractivity (Wildman–Crippen MR) is 45.7 cm³/mol. The lowest BCUT2D eigenvalue weighted by atomic mass is 10.3. The first-order chi connectivity index (χ1) is 5.38. The van der Waals surface area contributed by atoms with Gasteiger partial charge in [-0.3, -0.25) is 0 Å². The van der Waals surface area contributed by atoms with Crippen molar-refractivity contribution in [1.29, 1.82) is 0 Å². The number of rotatable bonds is 4. The molecule has 1 aromatic heterocycles. The Morgan fingerprint density at radius 1 is 1.27 bits per heavy atom. The second-order valence-corrected chi connectivity index (χ2v) is 3.24. The summed E-state index contributed by atoms with van der Waals surface area (Å²) in [5, 5.41) is 2.06. The van der Waals surface area contributed by atoms with Crippen molar-refractivity contribution in [1.82, 2.24) is 0 Å². The van der Waals surface area contributed by atoms with Crippen molar-refractivity contribution in [2.75, 3.05) is 14.2 Å². The fraction of sp³-hybridized carbons (Fsp3) is 0.500. The van der Waals surface area contributed by atoms with Crippen LogP contribution >= 0.6 is 11.3 Å². The zero-order chi connectivity index (χ0) is 8.10. The molecule has 3 heteroatoms. The largest absolute Gasteiger partial charge is 0.380 e. The van der Waals surface area contributed by atoms with E-state index in [-0.39, 0.29) is 0 Å². The molecule has 0 bridgehead atoms. The van der Waals surface area contributed by atoms with Gasteiger partial charge in [0.15, 0.2) is 0 Å². The first-order valence-electron chi connectivity index (χ1n) is 3.41. The highest BCUT2D eigenvalue weighted by Gasteiger charge is 2.01. The molecule has 11 heavy (non-hydrogen) atoms. The van der Waals surface area contributed by atoms with Crippen LogP contribution in [0.4, 0.5) is 0 Å². The van der Waals surface area contributed by atoms with Gasteiger partial charge in [0.1, 0.15) is 0 Å². The predicted octanol–water partition coefficient (Wildman–Crippen LogP) is 2.04. The van der Waals surface area contributed by atoms with Gasteiger partial charge in [-0.05, 0) is 17.0 Å². The van der Waals surface area contributed by atoms with Crippen molar-refractivity contribution >= 4 is 11.3 Å². The SMILES string of the molecule is COCc1ccsc1COC. The molecule has 0 fully saturated rings. The van der Waals surface area contributed by atoms with E-state index >= 15 is 0 Å². The number of methoxy groups -OCH3 is 2. The molecular weight excluding hydrogens is 160 g/mol. The minimum Gasteiger partial charge on any atom is -0.380 e. The van der Waals surface area contributed by atoms with Crippen LogP contribution in [-0.4, -0.2) is 14.2 Å². The molecule has 0 unspecified atom stereocenters. The topological polar surface area (TPSA) is 18.5 Å². The summed E-state index contributed by atoms with van der Waals surface area (Å²) in [6, 6.07) is 2.07.